The highest BCUT2D eigenvalue weighted by atomic mass is 14.8. The first-order chi connectivity index (χ1) is 8.86. The molecule has 0 amide bonds. The molecule has 0 aliphatic carbocycles. The molecule has 0 radical (unpaired) electrons. The highest BCUT2D eigenvalue weighted by Gasteiger charge is 1.96. The van der Waals surface area contributed by atoms with Gasteiger partial charge in [0.25, 0.3) is 0 Å². The monoisotopic (exact) mass is 238 g/mol. The maximum atomic E-state index is 5.92. The summed E-state index contributed by atoms with van der Waals surface area (Å²) >= 11 is 0. The second-order valence-corrected chi connectivity index (χ2v) is 4.22. The quantitative estimate of drug-likeness (QED) is 0.485. The molecule has 0 aliphatic rings. The average Bonchev–Trinajstić information content (AvgIpc) is 2.45. The Morgan fingerprint density at radius 2 is 1.50 bits per heavy atom. The molecule has 2 N–H and O–H groups in total. The van der Waals surface area contributed by atoms with Crippen LogP contribution >= 0.6 is 0 Å². The number of rotatable bonds is 5. The summed E-state index contributed by atoms with van der Waals surface area (Å²) in [6, 6.07) is 20.3. The van der Waals surface area contributed by atoms with Crippen molar-refractivity contribution in [2.75, 3.05) is 6.54 Å². The third-order valence-electron chi connectivity index (χ3n) is 2.82. The van der Waals surface area contributed by atoms with Crippen molar-refractivity contribution in [2.24, 2.45) is 10.7 Å². The molecule has 2 aromatic rings. The Morgan fingerprint density at radius 1 is 0.889 bits per heavy atom. The van der Waals surface area contributed by atoms with E-state index in [2.05, 4.69) is 29.3 Å². The fourth-order valence-corrected chi connectivity index (χ4v) is 1.83. The molecule has 0 spiro atoms. The van der Waals surface area contributed by atoms with Gasteiger partial charge in [0.15, 0.2) is 0 Å². The van der Waals surface area contributed by atoms with Gasteiger partial charge in [-0.1, -0.05) is 60.7 Å². The van der Waals surface area contributed by atoms with E-state index in [0.29, 0.717) is 5.84 Å². The second-order valence-electron chi connectivity index (χ2n) is 4.22. The molecular formula is C16H18N2. The Kier molecular flexibility index (Phi) is 4.53. The van der Waals surface area contributed by atoms with E-state index >= 15 is 0 Å². The molecule has 2 heteroatoms. The summed E-state index contributed by atoms with van der Waals surface area (Å²) in [6.07, 6.45) is 2.07. The molecule has 92 valence electrons. The van der Waals surface area contributed by atoms with Crippen molar-refractivity contribution >= 4 is 5.84 Å². The number of amidine groups is 1. The molecular weight excluding hydrogens is 220 g/mol. The van der Waals surface area contributed by atoms with Gasteiger partial charge in [-0.05, 0) is 18.4 Å². The van der Waals surface area contributed by atoms with Gasteiger partial charge < -0.3 is 5.73 Å². The normalized spacial score (nSPS) is 11.4. The van der Waals surface area contributed by atoms with E-state index in [4.69, 9.17) is 5.73 Å². The molecule has 0 aromatic heterocycles. The topological polar surface area (TPSA) is 38.4 Å². The third-order valence-corrected chi connectivity index (χ3v) is 2.82. The van der Waals surface area contributed by atoms with Gasteiger partial charge in [-0.3, -0.25) is 4.99 Å². The first-order valence-corrected chi connectivity index (χ1v) is 6.25. The van der Waals surface area contributed by atoms with Crippen molar-refractivity contribution in [3.63, 3.8) is 0 Å². The standard InChI is InChI=1S/C16H18N2/c17-16(15-11-5-2-6-12-15)18-13-7-10-14-8-3-1-4-9-14/h1-6,8-9,11-12H,7,10,13H2,(H2,17,18). The maximum absolute atomic E-state index is 5.92. The number of benzene rings is 2. The van der Waals surface area contributed by atoms with Crippen LogP contribution in [0.15, 0.2) is 65.7 Å². The van der Waals surface area contributed by atoms with Gasteiger partial charge in [0.2, 0.25) is 0 Å². The molecule has 0 atom stereocenters. The van der Waals surface area contributed by atoms with E-state index in [1.165, 1.54) is 5.56 Å². The van der Waals surface area contributed by atoms with Gasteiger partial charge in [-0.25, -0.2) is 0 Å². The van der Waals surface area contributed by atoms with Gasteiger partial charge in [0, 0.05) is 12.1 Å². The minimum Gasteiger partial charge on any atom is -0.384 e. The minimum absolute atomic E-state index is 0.628. The van der Waals surface area contributed by atoms with E-state index in [-0.39, 0.29) is 0 Å². The summed E-state index contributed by atoms with van der Waals surface area (Å²) in [7, 11) is 0. The van der Waals surface area contributed by atoms with Crippen LogP contribution in [0.3, 0.4) is 0 Å². The largest absolute Gasteiger partial charge is 0.384 e. The fraction of sp³-hybridized carbons (Fsp3) is 0.188. The summed E-state index contributed by atoms with van der Waals surface area (Å²) in [5.41, 5.74) is 8.27. The highest BCUT2D eigenvalue weighted by Crippen LogP contribution is 2.03. The number of hydrogen-bond acceptors (Lipinski definition) is 1. The predicted molar refractivity (Wildman–Crippen MR) is 76.8 cm³/mol. The van der Waals surface area contributed by atoms with Crippen LogP contribution in [0.25, 0.3) is 0 Å². The lowest BCUT2D eigenvalue weighted by molar-refractivity contribution is 0.832. The van der Waals surface area contributed by atoms with Crippen LogP contribution < -0.4 is 5.73 Å². The van der Waals surface area contributed by atoms with E-state index in [9.17, 15) is 0 Å². The van der Waals surface area contributed by atoms with Gasteiger partial charge in [0.1, 0.15) is 5.84 Å². The van der Waals surface area contributed by atoms with Crippen molar-refractivity contribution in [3.8, 4) is 0 Å². The fourth-order valence-electron chi connectivity index (χ4n) is 1.83. The van der Waals surface area contributed by atoms with Crippen LogP contribution in [0.5, 0.6) is 0 Å². The van der Waals surface area contributed by atoms with E-state index in [1.807, 2.05) is 36.4 Å². The molecule has 2 rings (SSSR count). The summed E-state index contributed by atoms with van der Waals surface area (Å²) in [6.45, 7) is 0.773. The van der Waals surface area contributed by atoms with Crippen molar-refractivity contribution in [2.45, 2.75) is 12.8 Å². The molecule has 0 heterocycles. The van der Waals surface area contributed by atoms with Crippen molar-refractivity contribution in [3.05, 3.63) is 71.8 Å². The molecule has 0 fully saturated rings. The van der Waals surface area contributed by atoms with Crippen molar-refractivity contribution in [1.82, 2.24) is 0 Å². The molecule has 0 bridgehead atoms. The Balaban J connectivity index is 1.81. The average molecular weight is 238 g/mol. The smallest absolute Gasteiger partial charge is 0.125 e. The SMILES string of the molecule is NC(=NCCCc1ccccc1)c1ccccc1. The summed E-state index contributed by atoms with van der Waals surface area (Å²) in [4.78, 5) is 4.40. The van der Waals surface area contributed by atoms with Gasteiger partial charge in [-0.2, -0.15) is 0 Å². The van der Waals surface area contributed by atoms with Crippen LogP contribution in [-0.4, -0.2) is 12.4 Å². The first kappa shape index (κ1) is 12.4. The Bertz CT molecular complexity index is 489. The number of nitrogens with two attached hydrogens (primary N) is 1. The van der Waals surface area contributed by atoms with Crippen molar-refractivity contribution < 1.29 is 0 Å². The van der Waals surface area contributed by atoms with Gasteiger partial charge >= 0.3 is 0 Å². The van der Waals surface area contributed by atoms with Gasteiger partial charge in [0.05, 0.1) is 0 Å². The Morgan fingerprint density at radius 3 is 2.17 bits per heavy atom. The zero-order valence-electron chi connectivity index (χ0n) is 10.4. The van der Waals surface area contributed by atoms with Crippen LogP contribution in [-0.2, 0) is 6.42 Å². The minimum atomic E-state index is 0.628. The second kappa shape index (κ2) is 6.60. The number of aryl methyl sites for hydroxylation is 1. The van der Waals surface area contributed by atoms with E-state index < -0.39 is 0 Å². The van der Waals surface area contributed by atoms with Crippen LogP contribution in [0, 0.1) is 0 Å². The molecule has 0 saturated carbocycles. The lowest BCUT2D eigenvalue weighted by Crippen LogP contribution is -2.13. The summed E-state index contributed by atoms with van der Waals surface area (Å²) in [5, 5.41) is 0. The molecule has 0 saturated heterocycles. The van der Waals surface area contributed by atoms with Gasteiger partial charge in [-0.15, -0.1) is 0 Å². The molecule has 0 unspecified atom stereocenters. The Hall–Kier alpha value is -2.09. The summed E-state index contributed by atoms with van der Waals surface area (Å²) < 4.78 is 0. The third kappa shape index (κ3) is 3.74. The van der Waals surface area contributed by atoms with Crippen LogP contribution in [0.1, 0.15) is 17.5 Å². The van der Waals surface area contributed by atoms with E-state index in [1.54, 1.807) is 0 Å². The molecule has 18 heavy (non-hydrogen) atoms. The molecule has 2 nitrogen and oxygen atoms in total. The Labute approximate surface area is 108 Å². The number of hydrogen-bond donors (Lipinski definition) is 1. The lowest BCUT2D eigenvalue weighted by atomic mass is 10.1. The molecule has 2 aromatic carbocycles. The maximum Gasteiger partial charge on any atom is 0.125 e. The number of aliphatic imine (C=N–C) groups is 1. The van der Waals surface area contributed by atoms with E-state index in [0.717, 1.165) is 24.9 Å². The lowest BCUT2D eigenvalue weighted by Gasteiger charge is -2.01. The highest BCUT2D eigenvalue weighted by molar-refractivity contribution is 5.97. The van der Waals surface area contributed by atoms with Crippen molar-refractivity contribution in [1.29, 1.82) is 0 Å². The van der Waals surface area contributed by atoms with Crippen LogP contribution in [0.2, 0.25) is 0 Å². The van der Waals surface area contributed by atoms with Crippen LogP contribution in [0.4, 0.5) is 0 Å². The first-order valence-electron chi connectivity index (χ1n) is 6.25. The predicted octanol–water partition coefficient (Wildman–Crippen LogP) is 3.02. The zero-order chi connectivity index (χ0) is 12.6. The summed E-state index contributed by atoms with van der Waals surface area (Å²) in [5.74, 6) is 0.628. The number of nitrogens with zero attached hydrogens (tertiary/aromatic N) is 1. The molecule has 0 aliphatic heterocycles. The zero-order valence-corrected chi connectivity index (χ0v) is 10.4.